The van der Waals surface area contributed by atoms with Gasteiger partial charge in [-0.3, -0.25) is 6.08 Å². The number of nitrogens with one attached hydrogen (secondary N) is 1. The average molecular weight is 314 g/mol. The predicted molar refractivity (Wildman–Crippen MR) is 96.5 cm³/mol. The van der Waals surface area contributed by atoms with Crippen molar-refractivity contribution in [3.63, 3.8) is 0 Å². The SMILES string of the molecule is CC1=[C-]CC=C1.CC=CC=CC.CNC.[CH3-].[CH3-].[CH3-].[CH3-].[Ti]. The Bertz CT molecular complexity index is 213. The van der Waals surface area contributed by atoms with Gasteiger partial charge in [0.25, 0.3) is 0 Å². The van der Waals surface area contributed by atoms with E-state index < -0.39 is 0 Å². The summed E-state index contributed by atoms with van der Waals surface area (Å²) in [6, 6.07) is 0. The normalized spacial score (nSPS) is 9.95. The Morgan fingerprint density at radius 3 is 1.45 bits per heavy atom. The summed E-state index contributed by atoms with van der Waals surface area (Å²) in [6.07, 6.45) is 16.3. The molecule has 0 saturated carbocycles. The molecule has 0 amide bonds. The molecule has 0 bridgehead atoms. The largest absolute Gasteiger partial charge is 0.358 e. The van der Waals surface area contributed by atoms with Gasteiger partial charge in [-0.1, -0.05) is 31.2 Å². The summed E-state index contributed by atoms with van der Waals surface area (Å²) in [4.78, 5) is 0. The third-order valence-electron chi connectivity index (χ3n) is 1.36. The van der Waals surface area contributed by atoms with Gasteiger partial charge < -0.3 is 35.0 Å². The van der Waals surface area contributed by atoms with Gasteiger partial charge in [0.15, 0.2) is 0 Å². The molecule has 1 aliphatic carbocycles. The van der Waals surface area contributed by atoms with Gasteiger partial charge in [0.05, 0.1) is 0 Å². The third kappa shape index (κ3) is 52.6. The van der Waals surface area contributed by atoms with Crippen molar-refractivity contribution in [3.05, 3.63) is 77.8 Å². The first kappa shape index (κ1) is 42.7. The maximum Gasteiger partial charge on any atom is 0 e. The summed E-state index contributed by atoms with van der Waals surface area (Å²) in [6.45, 7) is 6.06. The number of rotatable bonds is 1. The minimum atomic E-state index is 0. The Morgan fingerprint density at radius 2 is 1.35 bits per heavy atom. The van der Waals surface area contributed by atoms with Crippen molar-refractivity contribution in [2.24, 2.45) is 0 Å². The molecule has 0 aromatic heterocycles. The maximum atomic E-state index is 3.12. The molecule has 0 spiro atoms. The topological polar surface area (TPSA) is 12.0 Å². The molecule has 0 fully saturated rings. The van der Waals surface area contributed by atoms with Gasteiger partial charge in [-0.2, -0.15) is 6.08 Å². The smallest absolute Gasteiger partial charge is 0 e. The van der Waals surface area contributed by atoms with Crippen LogP contribution in [0.3, 0.4) is 0 Å². The summed E-state index contributed by atoms with van der Waals surface area (Å²) in [7, 11) is 3.75. The van der Waals surface area contributed by atoms with Crippen LogP contribution in [0.5, 0.6) is 0 Å². The first-order valence-electron chi connectivity index (χ1n) is 5.29. The van der Waals surface area contributed by atoms with E-state index in [0.717, 1.165) is 6.42 Å². The van der Waals surface area contributed by atoms with Gasteiger partial charge in [-0.05, 0) is 27.9 Å². The van der Waals surface area contributed by atoms with Crippen molar-refractivity contribution >= 4 is 0 Å². The van der Waals surface area contributed by atoms with Crippen LogP contribution in [0.2, 0.25) is 0 Å². The molecule has 1 nitrogen and oxygen atoms in total. The van der Waals surface area contributed by atoms with E-state index in [1.54, 1.807) is 0 Å². The van der Waals surface area contributed by atoms with Crippen molar-refractivity contribution in [1.29, 1.82) is 0 Å². The summed E-state index contributed by atoms with van der Waals surface area (Å²) in [5.41, 5.74) is 1.27. The zero-order chi connectivity index (χ0) is 11.9. The predicted octanol–water partition coefficient (Wildman–Crippen LogP) is 5.47. The fourth-order valence-electron chi connectivity index (χ4n) is 0.737. The minimum Gasteiger partial charge on any atom is -0.358 e. The summed E-state index contributed by atoms with van der Waals surface area (Å²) >= 11 is 0. The van der Waals surface area contributed by atoms with Crippen LogP contribution >= 0.6 is 0 Å². The Kier molecular flexibility index (Phi) is 91.4. The maximum absolute atomic E-state index is 3.12. The van der Waals surface area contributed by atoms with E-state index >= 15 is 0 Å². The first-order valence-corrected chi connectivity index (χ1v) is 5.29. The fourth-order valence-corrected chi connectivity index (χ4v) is 0.737. The third-order valence-corrected chi connectivity index (χ3v) is 1.36. The van der Waals surface area contributed by atoms with Crippen LogP contribution in [0.1, 0.15) is 27.2 Å². The van der Waals surface area contributed by atoms with Crippen LogP contribution in [-0.2, 0) is 21.7 Å². The molecule has 122 valence electrons. The van der Waals surface area contributed by atoms with E-state index in [-0.39, 0.29) is 51.4 Å². The molecule has 0 atom stereocenters. The van der Waals surface area contributed by atoms with Crippen LogP contribution in [0.4, 0.5) is 0 Å². The van der Waals surface area contributed by atoms with Crippen molar-refractivity contribution in [2.75, 3.05) is 14.1 Å². The van der Waals surface area contributed by atoms with Crippen molar-refractivity contribution in [2.45, 2.75) is 27.2 Å². The molecular formula is C18H36NTi-5. The molecule has 0 aliphatic heterocycles. The Labute approximate surface area is 146 Å². The van der Waals surface area contributed by atoms with Gasteiger partial charge in [-0.25, -0.2) is 11.6 Å². The summed E-state index contributed by atoms with van der Waals surface area (Å²) < 4.78 is 0. The van der Waals surface area contributed by atoms with E-state index in [4.69, 9.17) is 0 Å². The Morgan fingerprint density at radius 1 is 1.00 bits per heavy atom. The van der Waals surface area contributed by atoms with Crippen LogP contribution in [0, 0.1) is 35.8 Å². The second-order valence-corrected chi connectivity index (χ2v) is 3.02. The molecule has 0 heterocycles. The molecule has 1 rings (SSSR count). The van der Waals surface area contributed by atoms with E-state index in [1.165, 1.54) is 5.57 Å². The zero-order valence-electron chi connectivity index (χ0n) is 15.2. The molecule has 0 saturated heterocycles. The minimum absolute atomic E-state index is 0. The standard InChI is InChI=1S/C6H7.C6H10.C2H7N.4CH3.Ti/c1-6-4-2-3-5-6;1-3-5-6-4-2;1-3-2;;;;;/h2,4H,3H2,1H3;3-6H,1-2H3;3H,1-2H3;4*1H3;/q-1;;;4*-1;. The van der Waals surface area contributed by atoms with Gasteiger partial charge in [-0.15, -0.1) is 6.42 Å². The van der Waals surface area contributed by atoms with Crippen molar-refractivity contribution in [1.82, 2.24) is 5.32 Å². The van der Waals surface area contributed by atoms with E-state index in [0.29, 0.717) is 0 Å². The van der Waals surface area contributed by atoms with E-state index in [9.17, 15) is 0 Å². The number of hydrogen-bond donors (Lipinski definition) is 1. The molecule has 2 heteroatoms. The van der Waals surface area contributed by atoms with Gasteiger partial charge in [0, 0.05) is 21.7 Å². The van der Waals surface area contributed by atoms with Crippen LogP contribution in [-0.4, -0.2) is 14.1 Å². The molecule has 20 heavy (non-hydrogen) atoms. The second kappa shape index (κ2) is 42.8. The van der Waals surface area contributed by atoms with E-state index in [2.05, 4.69) is 30.5 Å². The quantitative estimate of drug-likeness (QED) is 0.384. The van der Waals surface area contributed by atoms with E-state index in [1.807, 2.05) is 52.2 Å². The molecule has 1 aliphatic rings. The van der Waals surface area contributed by atoms with Crippen molar-refractivity contribution < 1.29 is 21.7 Å². The Hall–Kier alpha value is -0.366. The van der Waals surface area contributed by atoms with Crippen molar-refractivity contribution in [3.8, 4) is 0 Å². The van der Waals surface area contributed by atoms with Gasteiger partial charge in [0.1, 0.15) is 0 Å². The average Bonchev–Trinajstić information content (AvgIpc) is 2.68. The molecule has 0 aromatic carbocycles. The number of allylic oxidation sites excluding steroid dienone is 8. The molecular weight excluding hydrogens is 278 g/mol. The van der Waals surface area contributed by atoms with Crippen LogP contribution in [0.25, 0.3) is 0 Å². The summed E-state index contributed by atoms with van der Waals surface area (Å²) in [5.74, 6) is 0. The summed E-state index contributed by atoms with van der Waals surface area (Å²) in [5, 5.41) is 2.75. The van der Waals surface area contributed by atoms with Gasteiger partial charge >= 0.3 is 0 Å². The van der Waals surface area contributed by atoms with Gasteiger partial charge in [0.2, 0.25) is 0 Å². The van der Waals surface area contributed by atoms with Crippen LogP contribution < -0.4 is 5.32 Å². The Balaban J connectivity index is -0.0000000235. The first-order chi connectivity index (χ1) is 7.22. The monoisotopic (exact) mass is 314 g/mol. The molecule has 0 unspecified atom stereocenters. The second-order valence-electron chi connectivity index (χ2n) is 3.02. The number of hydrogen-bond acceptors (Lipinski definition) is 1. The molecule has 0 aromatic rings. The zero-order valence-corrected chi connectivity index (χ0v) is 16.7. The fraction of sp³-hybridized carbons (Fsp3) is 0.333. The van der Waals surface area contributed by atoms with Crippen LogP contribution in [0.15, 0.2) is 42.0 Å². The molecule has 1 N–H and O–H groups in total. The molecule has 0 radical (unpaired) electrons.